The molecule has 0 N–H and O–H groups in total. The van der Waals surface area contributed by atoms with Gasteiger partial charge in [0.2, 0.25) is 10.0 Å². The van der Waals surface area contributed by atoms with E-state index in [-0.39, 0.29) is 17.7 Å². The molecule has 0 bridgehead atoms. The van der Waals surface area contributed by atoms with Crippen LogP contribution in [0.5, 0.6) is 0 Å². The molecule has 1 amide bonds. The van der Waals surface area contributed by atoms with Crippen molar-refractivity contribution in [1.82, 2.24) is 4.90 Å². The zero-order valence-corrected chi connectivity index (χ0v) is 16.4. The molecular weight excluding hydrogens is 368 g/mol. The highest BCUT2D eigenvalue weighted by Gasteiger charge is 2.32. The Balaban J connectivity index is 1.57. The first kappa shape index (κ1) is 17.5. The lowest BCUT2D eigenvalue weighted by Gasteiger charge is -2.35. The fraction of sp³-hybridized carbons (Fsp3) is 0.421. The minimum atomic E-state index is -3.19. The summed E-state index contributed by atoms with van der Waals surface area (Å²) in [6.45, 7) is 3.35. The summed E-state index contributed by atoms with van der Waals surface area (Å²) in [5.41, 5.74) is 2.53. The molecule has 4 rings (SSSR count). The normalized spacial score (nSPS) is 21.7. The highest BCUT2D eigenvalue weighted by molar-refractivity contribution is 7.93. The number of sulfonamides is 1. The zero-order valence-electron chi connectivity index (χ0n) is 14.7. The lowest BCUT2D eigenvalue weighted by molar-refractivity contribution is 0.0657. The second-order valence-electron chi connectivity index (χ2n) is 6.76. The Kier molecular flexibility index (Phi) is 4.52. The van der Waals surface area contributed by atoms with Crippen molar-refractivity contribution >= 4 is 33.0 Å². The van der Waals surface area contributed by atoms with Gasteiger partial charge in [-0.3, -0.25) is 9.10 Å². The molecule has 0 aliphatic carbocycles. The predicted octanol–water partition coefficient (Wildman–Crippen LogP) is 3.44. The third-order valence-electron chi connectivity index (χ3n) is 5.24. The van der Waals surface area contributed by atoms with E-state index in [1.807, 2.05) is 4.90 Å². The third kappa shape index (κ3) is 2.93. The van der Waals surface area contributed by atoms with Crippen molar-refractivity contribution < 1.29 is 13.2 Å². The Morgan fingerprint density at radius 3 is 2.62 bits per heavy atom. The highest BCUT2D eigenvalue weighted by atomic mass is 32.2. The van der Waals surface area contributed by atoms with Crippen LogP contribution in [0.4, 0.5) is 5.69 Å². The molecule has 2 aliphatic heterocycles. The number of fused-ring (bicyclic) bond motifs is 1. The number of hydrogen-bond donors (Lipinski definition) is 0. The van der Waals surface area contributed by atoms with Gasteiger partial charge in [0, 0.05) is 23.5 Å². The monoisotopic (exact) mass is 390 g/mol. The molecule has 7 heteroatoms. The number of rotatable bonds is 3. The summed E-state index contributed by atoms with van der Waals surface area (Å²) in [5, 5.41) is 2.10. The summed E-state index contributed by atoms with van der Waals surface area (Å²) in [4.78, 5) is 16.4. The molecule has 1 aromatic heterocycles. The van der Waals surface area contributed by atoms with Gasteiger partial charge in [-0.25, -0.2) is 8.42 Å². The van der Waals surface area contributed by atoms with Gasteiger partial charge in [-0.1, -0.05) is 6.92 Å². The molecule has 0 saturated carbocycles. The SMILES string of the molecule is CCC1c2ccsc2CCN1C(=O)c1ccc(N2CCCS2(=O)=O)cc1. The maximum absolute atomic E-state index is 13.1. The second-order valence-corrected chi connectivity index (χ2v) is 9.77. The first-order valence-corrected chi connectivity index (χ1v) is 11.5. The maximum atomic E-state index is 13.1. The van der Waals surface area contributed by atoms with E-state index in [4.69, 9.17) is 0 Å². The van der Waals surface area contributed by atoms with Crippen LogP contribution in [-0.2, 0) is 16.4 Å². The lowest BCUT2D eigenvalue weighted by atomic mass is 9.97. The van der Waals surface area contributed by atoms with Crippen LogP contribution in [0.1, 0.15) is 46.6 Å². The molecule has 2 aliphatic rings. The number of benzene rings is 1. The average Bonchev–Trinajstić information content (AvgIpc) is 3.26. The highest BCUT2D eigenvalue weighted by Crippen LogP contribution is 2.36. The van der Waals surface area contributed by atoms with Crippen LogP contribution in [0.2, 0.25) is 0 Å². The molecule has 138 valence electrons. The lowest BCUT2D eigenvalue weighted by Crippen LogP contribution is -2.39. The van der Waals surface area contributed by atoms with Gasteiger partial charge in [0.05, 0.1) is 17.5 Å². The van der Waals surface area contributed by atoms with Gasteiger partial charge in [0.15, 0.2) is 0 Å². The van der Waals surface area contributed by atoms with Gasteiger partial charge in [-0.05, 0) is 60.5 Å². The Morgan fingerprint density at radius 1 is 1.19 bits per heavy atom. The van der Waals surface area contributed by atoms with E-state index in [0.717, 1.165) is 19.4 Å². The first-order chi connectivity index (χ1) is 12.5. The van der Waals surface area contributed by atoms with Gasteiger partial charge in [0.25, 0.3) is 5.91 Å². The Morgan fingerprint density at radius 2 is 1.96 bits per heavy atom. The molecule has 0 radical (unpaired) electrons. The molecule has 1 saturated heterocycles. The molecular formula is C19H22N2O3S2. The smallest absolute Gasteiger partial charge is 0.254 e. The summed E-state index contributed by atoms with van der Waals surface area (Å²) in [6.07, 6.45) is 2.44. The van der Waals surface area contributed by atoms with Crippen LogP contribution in [-0.4, -0.2) is 38.1 Å². The minimum absolute atomic E-state index is 0.0181. The van der Waals surface area contributed by atoms with Crippen LogP contribution >= 0.6 is 11.3 Å². The number of amides is 1. The van der Waals surface area contributed by atoms with Crippen LogP contribution in [0, 0.1) is 0 Å². The van der Waals surface area contributed by atoms with E-state index in [9.17, 15) is 13.2 Å². The summed E-state index contributed by atoms with van der Waals surface area (Å²) in [5.74, 6) is 0.215. The van der Waals surface area contributed by atoms with E-state index in [2.05, 4.69) is 18.4 Å². The number of nitrogens with zero attached hydrogens (tertiary/aromatic N) is 2. The van der Waals surface area contributed by atoms with Crippen LogP contribution in [0.15, 0.2) is 35.7 Å². The standard InChI is InChI=1S/C19H22N2O3S2/c1-2-17-16-9-12-25-18(16)8-11-20(17)19(22)14-4-6-15(7-5-14)21-10-3-13-26(21,23)24/h4-7,9,12,17H,2-3,8,10-11,13H2,1H3. The molecule has 2 aromatic rings. The molecule has 3 heterocycles. The molecule has 1 unspecified atom stereocenters. The van der Waals surface area contributed by atoms with Gasteiger partial charge in [-0.2, -0.15) is 0 Å². The predicted molar refractivity (Wildman–Crippen MR) is 104 cm³/mol. The average molecular weight is 391 g/mol. The molecule has 0 spiro atoms. The summed E-state index contributed by atoms with van der Waals surface area (Å²) in [6, 6.07) is 9.25. The number of hydrogen-bond acceptors (Lipinski definition) is 4. The molecule has 26 heavy (non-hydrogen) atoms. The van der Waals surface area contributed by atoms with Gasteiger partial charge < -0.3 is 4.90 Å². The Bertz CT molecular complexity index is 919. The number of anilines is 1. The van der Waals surface area contributed by atoms with Crippen molar-refractivity contribution in [3.05, 3.63) is 51.7 Å². The maximum Gasteiger partial charge on any atom is 0.254 e. The second kappa shape index (κ2) is 6.70. The van der Waals surface area contributed by atoms with Crippen molar-refractivity contribution in [2.75, 3.05) is 23.1 Å². The largest absolute Gasteiger partial charge is 0.331 e. The van der Waals surface area contributed by atoms with E-state index in [0.29, 0.717) is 24.2 Å². The van der Waals surface area contributed by atoms with E-state index in [1.165, 1.54) is 14.7 Å². The third-order valence-corrected chi connectivity index (χ3v) is 8.11. The Hall–Kier alpha value is -1.86. The van der Waals surface area contributed by atoms with E-state index >= 15 is 0 Å². The first-order valence-electron chi connectivity index (χ1n) is 8.99. The Labute approximate surface area is 158 Å². The fourth-order valence-electron chi connectivity index (χ4n) is 3.95. The fourth-order valence-corrected chi connectivity index (χ4v) is 6.44. The number of thiophene rings is 1. The van der Waals surface area contributed by atoms with Gasteiger partial charge in [-0.15, -0.1) is 11.3 Å². The van der Waals surface area contributed by atoms with Crippen molar-refractivity contribution in [2.45, 2.75) is 32.2 Å². The topological polar surface area (TPSA) is 57.7 Å². The van der Waals surface area contributed by atoms with E-state index in [1.54, 1.807) is 35.6 Å². The molecule has 5 nitrogen and oxygen atoms in total. The van der Waals surface area contributed by atoms with E-state index < -0.39 is 10.0 Å². The number of carbonyl (C=O) groups excluding carboxylic acids is 1. The van der Waals surface area contributed by atoms with Crippen molar-refractivity contribution in [3.63, 3.8) is 0 Å². The molecule has 1 fully saturated rings. The molecule has 1 aromatic carbocycles. The quantitative estimate of drug-likeness (QED) is 0.807. The number of carbonyl (C=O) groups is 1. The molecule has 1 atom stereocenters. The van der Waals surface area contributed by atoms with Crippen molar-refractivity contribution in [1.29, 1.82) is 0 Å². The van der Waals surface area contributed by atoms with Crippen LogP contribution in [0.3, 0.4) is 0 Å². The summed E-state index contributed by atoms with van der Waals surface area (Å²) >= 11 is 1.77. The van der Waals surface area contributed by atoms with Crippen LogP contribution in [0.25, 0.3) is 0 Å². The van der Waals surface area contributed by atoms with Crippen molar-refractivity contribution in [2.24, 2.45) is 0 Å². The van der Waals surface area contributed by atoms with Gasteiger partial charge in [0.1, 0.15) is 0 Å². The van der Waals surface area contributed by atoms with Crippen molar-refractivity contribution in [3.8, 4) is 0 Å². The van der Waals surface area contributed by atoms with Gasteiger partial charge >= 0.3 is 0 Å². The minimum Gasteiger partial charge on any atom is -0.331 e. The zero-order chi connectivity index (χ0) is 18.3. The summed E-state index contributed by atoms with van der Waals surface area (Å²) < 4.78 is 25.5. The van der Waals surface area contributed by atoms with Crippen LogP contribution < -0.4 is 4.31 Å². The summed E-state index contributed by atoms with van der Waals surface area (Å²) in [7, 11) is -3.19.